The zero-order valence-electron chi connectivity index (χ0n) is 16.8. The number of aryl methyl sites for hydroxylation is 1. The molecule has 0 radical (unpaired) electrons. The van der Waals surface area contributed by atoms with Gasteiger partial charge in [-0.15, -0.1) is 12.4 Å². The van der Waals surface area contributed by atoms with E-state index < -0.39 is 0 Å². The van der Waals surface area contributed by atoms with Gasteiger partial charge in [-0.2, -0.15) is 5.10 Å². The summed E-state index contributed by atoms with van der Waals surface area (Å²) in [7, 11) is 1.90. The van der Waals surface area contributed by atoms with Gasteiger partial charge in [0, 0.05) is 31.9 Å². The lowest BCUT2D eigenvalue weighted by Gasteiger charge is -2.31. The predicted octanol–water partition coefficient (Wildman–Crippen LogP) is 5.34. The Labute approximate surface area is 178 Å². The molecule has 0 aliphatic carbocycles. The number of likely N-dealkylation sites (tertiary alicyclic amines) is 1. The summed E-state index contributed by atoms with van der Waals surface area (Å²) in [5.74, 6) is 0.795. The van der Waals surface area contributed by atoms with Gasteiger partial charge in [0.2, 0.25) is 0 Å². The summed E-state index contributed by atoms with van der Waals surface area (Å²) >= 11 is 0. The Morgan fingerprint density at radius 3 is 2.52 bits per heavy atom. The Morgan fingerprint density at radius 1 is 1.07 bits per heavy atom. The van der Waals surface area contributed by atoms with Crippen molar-refractivity contribution in [2.45, 2.75) is 25.7 Å². The van der Waals surface area contributed by atoms with Gasteiger partial charge in [-0.05, 0) is 49.1 Å². The zero-order valence-corrected chi connectivity index (χ0v) is 17.6. The molecule has 1 fully saturated rings. The standard InChI is InChI=1S/C24H27N3O.ClH/c1-26-22-10-6-5-9-21(22)24(25-26)23(28)12-11-20-14-17-27(18-15-20)16-13-19-7-3-2-4-8-19;/h2-10,13,16,20H,11-12,14-15,17-18H2,1H3;1H. The highest BCUT2D eigenvalue weighted by atomic mass is 35.5. The molecule has 0 amide bonds. The third-order valence-corrected chi connectivity index (χ3v) is 5.73. The van der Waals surface area contributed by atoms with Crippen LogP contribution in [0.3, 0.4) is 0 Å². The van der Waals surface area contributed by atoms with Crippen LogP contribution in [0.4, 0.5) is 0 Å². The van der Waals surface area contributed by atoms with Gasteiger partial charge >= 0.3 is 0 Å². The van der Waals surface area contributed by atoms with Crippen molar-refractivity contribution in [1.29, 1.82) is 0 Å². The molecule has 0 atom stereocenters. The molecule has 0 spiro atoms. The van der Waals surface area contributed by atoms with E-state index in [0.29, 0.717) is 18.0 Å². The molecule has 1 saturated heterocycles. The van der Waals surface area contributed by atoms with Crippen LogP contribution in [0, 0.1) is 5.92 Å². The van der Waals surface area contributed by atoms with Crippen LogP contribution < -0.4 is 0 Å². The van der Waals surface area contributed by atoms with Crippen molar-refractivity contribution in [2.24, 2.45) is 13.0 Å². The number of para-hydroxylation sites is 1. The topological polar surface area (TPSA) is 38.1 Å². The number of ketones is 1. The van der Waals surface area contributed by atoms with Crippen LogP contribution in [0.5, 0.6) is 0 Å². The number of halogens is 1. The van der Waals surface area contributed by atoms with E-state index in [2.05, 4.69) is 46.5 Å². The minimum absolute atomic E-state index is 0. The highest BCUT2D eigenvalue weighted by Crippen LogP contribution is 2.25. The van der Waals surface area contributed by atoms with Crippen LogP contribution in [-0.2, 0) is 7.05 Å². The molecule has 0 unspecified atom stereocenters. The molecule has 29 heavy (non-hydrogen) atoms. The van der Waals surface area contributed by atoms with Crippen LogP contribution in [0.15, 0.2) is 60.8 Å². The van der Waals surface area contributed by atoms with E-state index in [4.69, 9.17) is 0 Å². The number of carbonyl (C=O) groups excluding carboxylic acids is 1. The van der Waals surface area contributed by atoms with E-state index in [0.717, 1.165) is 43.3 Å². The van der Waals surface area contributed by atoms with Crippen molar-refractivity contribution in [3.63, 3.8) is 0 Å². The van der Waals surface area contributed by atoms with Gasteiger partial charge in [0.1, 0.15) is 5.69 Å². The minimum atomic E-state index is 0. The van der Waals surface area contributed by atoms with Gasteiger partial charge in [-0.1, -0.05) is 48.5 Å². The van der Waals surface area contributed by atoms with Gasteiger partial charge in [-0.25, -0.2) is 0 Å². The second kappa shape index (κ2) is 9.75. The third kappa shape index (κ3) is 5.07. The number of hydrogen-bond acceptors (Lipinski definition) is 3. The van der Waals surface area contributed by atoms with Crippen molar-refractivity contribution >= 4 is 35.2 Å². The van der Waals surface area contributed by atoms with E-state index in [-0.39, 0.29) is 18.2 Å². The molecule has 0 N–H and O–H groups in total. The van der Waals surface area contributed by atoms with Crippen molar-refractivity contribution in [2.75, 3.05) is 13.1 Å². The monoisotopic (exact) mass is 409 g/mol. The van der Waals surface area contributed by atoms with Crippen LogP contribution in [0.1, 0.15) is 41.7 Å². The first-order chi connectivity index (χ1) is 13.7. The lowest BCUT2D eigenvalue weighted by atomic mass is 9.91. The fraction of sp³-hybridized carbons (Fsp3) is 0.333. The maximum atomic E-state index is 12.7. The quantitative estimate of drug-likeness (QED) is 0.515. The number of nitrogens with zero attached hydrogens (tertiary/aromatic N) is 3. The predicted molar refractivity (Wildman–Crippen MR) is 121 cm³/mol. The van der Waals surface area contributed by atoms with Gasteiger partial charge < -0.3 is 4.90 Å². The molecule has 5 heteroatoms. The molecule has 1 aliphatic heterocycles. The molecule has 0 saturated carbocycles. The lowest BCUT2D eigenvalue weighted by molar-refractivity contribution is 0.0963. The molecule has 152 valence electrons. The van der Waals surface area contributed by atoms with Crippen LogP contribution in [-0.4, -0.2) is 33.6 Å². The molecule has 1 aliphatic rings. The van der Waals surface area contributed by atoms with E-state index in [9.17, 15) is 4.79 Å². The molecule has 0 bridgehead atoms. The average Bonchev–Trinajstić information content (AvgIpc) is 3.09. The van der Waals surface area contributed by atoms with Gasteiger partial charge in [0.15, 0.2) is 5.78 Å². The number of aromatic nitrogens is 2. The number of Topliss-reactive ketones (excluding diaryl/α,β-unsaturated/α-hetero) is 1. The minimum Gasteiger partial charge on any atom is -0.377 e. The zero-order chi connectivity index (χ0) is 19.3. The largest absolute Gasteiger partial charge is 0.377 e. The summed E-state index contributed by atoms with van der Waals surface area (Å²) in [5.41, 5.74) is 2.88. The van der Waals surface area contributed by atoms with E-state index in [1.165, 1.54) is 5.56 Å². The summed E-state index contributed by atoms with van der Waals surface area (Å²) in [6.07, 6.45) is 8.23. The molecular formula is C24H28ClN3O. The number of fused-ring (bicyclic) bond motifs is 1. The Bertz CT molecular complexity index is 972. The molecular weight excluding hydrogens is 382 g/mol. The fourth-order valence-corrected chi connectivity index (χ4v) is 4.02. The van der Waals surface area contributed by atoms with Crippen LogP contribution >= 0.6 is 12.4 Å². The van der Waals surface area contributed by atoms with Gasteiger partial charge in [0.25, 0.3) is 0 Å². The first-order valence-corrected chi connectivity index (χ1v) is 10.1. The van der Waals surface area contributed by atoms with Crippen molar-refractivity contribution in [3.8, 4) is 0 Å². The first-order valence-electron chi connectivity index (χ1n) is 10.1. The fourth-order valence-electron chi connectivity index (χ4n) is 4.02. The van der Waals surface area contributed by atoms with Crippen molar-refractivity contribution in [1.82, 2.24) is 14.7 Å². The number of benzene rings is 2. The Kier molecular flexibility index (Phi) is 7.10. The molecule has 3 aromatic rings. The number of carbonyl (C=O) groups is 1. The Hall–Kier alpha value is -2.59. The highest BCUT2D eigenvalue weighted by molar-refractivity contribution is 6.05. The van der Waals surface area contributed by atoms with Crippen LogP contribution in [0.2, 0.25) is 0 Å². The Balaban J connectivity index is 0.00000240. The smallest absolute Gasteiger partial charge is 0.183 e. The second-order valence-corrected chi connectivity index (χ2v) is 7.66. The highest BCUT2D eigenvalue weighted by Gasteiger charge is 2.20. The van der Waals surface area contributed by atoms with Crippen molar-refractivity contribution < 1.29 is 4.79 Å². The summed E-state index contributed by atoms with van der Waals surface area (Å²) in [5, 5.41) is 5.44. The van der Waals surface area contributed by atoms with E-state index in [1.807, 2.05) is 37.4 Å². The molecule has 2 heterocycles. The Morgan fingerprint density at radius 2 is 1.76 bits per heavy atom. The first kappa shape index (κ1) is 21.1. The maximum absolute atomic E-state index is 12.7. The van der Waals surface area contributed by atoms with Gasteiger partial charge in [0.05, 0.1) is 5.52 Å². The number of hydrogen-bond donors (Lipinski definition) is 0. The summed E-state index contributed by atoms with van der Waals surface area (Å²) < 4.78 is 1.81. The number of piperidine rings is 1. The van der Waals surface area contributed by atoms with Gasteiger partial charge in [-0.3, -0.25) is 9.48 Å². The molecule has 2 aromatic carbocycles. The molecule has 4 nitrogen and oxygen atoms in total. The van der Waals surface area contributed by atoms with Crippen LogP contribution in [0.25, 0.3) is 17.0 Å². The van der Waals surface area contributed by atoms with Crippen molar-refractivity contribution in [3.05, 3.63) is 72.1 Å². The summed E-state index contributed by atoms with van der Waals surface area (Å²) in [6, 6.07) is 18.4. The maximum Gasteiger partial charge on any atom is 0.183 e. The normalized spacial score (nSPS) is 15.0. The number of rotatable bonds is 6. The second-order valence-electron chi connectivity index (χ2n) is 7.66. The third-order valence-electron chi connectivity index (χ3n) is 5.73. The summed E-state index contributed by atoms with van der Waals surface area (Å²) in [6.45, 7) is 2.13. The average molecular weight is 410 g/mol. The lowest BCUT2D eigenvalue weighted by Crippen LogP contribution is -2.29. The SMILES string of the molecule is Cl.Cn1nc(C(=O)CCC2CCN(C=Cc3ccccc3)CC2)c2ccccc21. The molecule has 4 rings (SSSR count). The molecule has 1 aromatic heterocycles. The van der Waals surface area contributed by atoms with E-state index >= 15 is 0 Å². The summed E-state index contributed by atoms with van der Waals surface area (Å²) in [4.78, 5) is 15.1. The van der Waals surface area contributed by atoms with E-state index in [1.54, 1.807) is 4.68 Å².